The summed E-state index contributed by atoms with van der Waals surface area (Å²) in [5.41, 5.74) is 2.66. The second kappa shape index (κ2) is 8.32. The Labute approximate surface area is 161 Å². The largest absolute Gasteiger partial charge is 0.339 e. The minimum absolute atomic E-state index is 0.317. The van der Waals surface area contributed by atoms with Crippen LogP contribution in [0.4, 0.5) is 0 Å². The van der Waals surface area contributed by atoms with Crippen molar-refractivity contribution in [1.82, 2.24) is 14.7 Å². The third kappa shape index (κ3) is 4.10. The van der Waals surface area contributed by atoms with Crippen molar-refractivity contribution in [2.75, 3.05) is 51.6 Å². The SMILES string of the molecule is Cc1ccccc1CSCC(=O)N1CCN([C@@H]2CN3CCC2CC3)CC1. The van der Waals surface area contributed by atoms with E-state index in [1.54, 1.807) is 11.8 Å². The van der Waals surface area contributed by atoms with E-state index in [1.165, 1.54) is 43.6 Å². The van der Waals surface area contributed by atoms with Gasteiger partial charge < -0.3 is 9.80 Å². The van der Waals surface area contributed by atoms with Crippen LogP contribution in [0, 0.1) is 12.8 Å². The minimum atomic E-state index is 0.317. The van der Waals surface area contributed by atoms with Crippen LogP contribution in [0.2, 0.25) is 0 Å². The minimum Gasteiger partial charge on any atom is -0.339 e. The van der Waals surface area contributed by atoms with Gasteiger partial charge in [0.25, 0.3) is 0 Å². The summed E-state index contributed by atoms with van der Waals surface area (Å²) in [4.78, 5) is 19.9. The average Bonchev–Trinajstić information content (AvgIpc) is 2.70. The number of rotatable bonds is 5. The van der Waals surface area contributed by atoms with E-state index in [4.69, 9.17) is 0 Å². The first-order valence-electron chi connectivity index (χ1n) is 10.1. The third-order valence-electron chi connectivity index (χ3n) is 6.50. The van der Waals surface area contributed by atoms with Gasteiger partial charge in [0.2, 0.25) is 5.91 Å². The molecule has 1 atom stereocenters. The molecule has 1 amide bonds. The van der Waals surface area contributed by atoms with Crippen molar-refractivity contribution in [2.45, 2.75) is 31.6 Å². The summed E-state index contributed by atoms with van der Waals surface area (Å²) in [5.74, 6) is 2.75. The Morgan fingerprint density at radius 1 is 1.08 bits per heavy atom. The summed E-state index contributed by atoms with van der Waals surface area (Å²) in [5, 5.41) is 0. The summed E-state index contributed by atoms with van der Waals surface area (Å²) in [6, 6.07) is 9.21. The number of hydrogen-bond donors (Lipinski definition) is 0. The lowest BCUT2D eigenvalue weighted by Gasteiger charge is -2.51. The number of carbonyl (C=O) groups excluding carboxylic acids is 1. The molecule has 4 nitrogen and oxygen atoms in total. The van der Waals surface area contributed by atoms with Crippen molar-refractivity contribution in [3.05, 3.63) is 35.4 Å². The van der Waals surface area contributed by atoms with Crippen molar-refractivity contribution in [3.8, 4) is 0 Å². The molecule has 0 radical (unpaired) electrons. The van der Waals surface area contributed by atoms with E-state index in [9.17, 15) is 4.79 Å². The molecule has 4 aliphatic heterocycles. The maximum absolute atomic E-state index is 12.6. The van der Waals surface area contributed by atoms with Gasteiger partial charge in [0.1, 0.15) is 0 Å². The van der Waals surface area contributed by atoms with Gasteiger partial charge in [-0.05, 0) is 49.9 Å². The number of carbonyl (C=O) groups is 1. The summed E-state index contributed by atoms with van der Waals surface area (Å²) in [7, 11) is 0. The van der Waals surface area contributed by atoms with Gasteiger partial charge in [-0.25, -0.2) is 0 Å². The molecule has 0 aromatic heterocycles. The number of nitrogens with zero attached hydrogens (tertiary/aromatic N) is 3. The van der Waals surface area contributed by atoms with Crippen molar-refractivity contribution in [3.63, 3.8) is 0 Å². The lowest BCUT2D eigenvalue weighted by atomic mass is 9.83. The van der Waals surface area contributed by atoms with Gasteiger partial charge in [0, 0.05) is 44.5 Å². The van der Waals surface area contributed by atoms with Gasteiger partial charge in [-0.1, -0.05) is 24.3 Å². The Hall–Kier alpha value is -1.04. The highest BCUT2D eigenvalue weighted by Gasteiger charge is 2.38. The van der Waals surface area contributed by atoms with Gasteiger partial charge in [-0.3, -0.25) is 9.69 Å². The van der Waals surface area contributed by atoms with E-state index < -0.39 is 0 Å². The highest BCUT2D eigenvalue weighted by molar-refractivity contribution is 7.99. The molecular formula is C21H31N3OS. The van der Waals surface area contributed by atoms with Crippen LogP contribution in [0.25, 0.3) is 0 Å². The molecule has 4 aliphatic rings. The molecule has 26 heavy (non-hydrogen) atoms. The molecular weight excluding hydrogens is 342 g/mol. The van der Waals surface area contributed by atoms with E-state index in [-0.39, 0.29) is 0 Å². The molecule has 4 heterocycles. The van der Waals surface area contributed by atoms with Crippen LogP contribution in [0.5, 0.6) is 0 Å². The molecule has 5 rings (SSSR count). The molecule has 0 saturated carbocycles. The smallest absolute Gasteiger partial charge is 0.232 e. The number of thioether (sulfide) groups is 1. The zero-order chi connectivity index (χ0) is 17.9. The monoisotopic (exact) mass is 373 g/mol. The predicted octanol–water partition coefficient (Wildman–Crippen LogP) is 2.47. The van der Waals surface area contributed by atoms with Crippen molar-refractivity contribution in [2.24, 2.45) is 5.92 Å². The standard InChI is InChI=1S/C21H31N3OS/c1-17-4-2-3-5-19(17)15-26-16-21(25)24-12-10-23(11-13-24)20-14-22-8-6-18(20)7-9-22/h2-5,18,20H,6-16H2,1H3/t20-/m1/s1. The van der Waals surface area contributed by atoms with Crippen LogP contribution in [-0.2, 0) is 10.5 Å². The molecule has 4 fully saturated rings. The molecule has 1 aromatic carbocycles. The van der Waals surface area contributed by atoms with Gasteiger partial charge >= 0.3 is 0 Å². The Morgan fingerprint density at radius 2 is 1.81 bits per heavy atom. The molecule has 0 N–H and O–H groups in total. The number of hydrogen-bond acceptors (Lipinski definition) is 4. The van der Waals surface area contributed by atoms with Crippen LogP contribution in [0.15, 0.2) is 24.3 Å². The zero-order valence-corrected chi connectivity index (χ0v) is 16.7. The van der Waals surface area contributed by atoms with Crippen molar-refractivity contribution >= 4 is 17.7 Å². The highest BCUT2D eigenvalue weighted by atomic mass is 32.2. The zero-order valence-electron chi connectivity index (χ0n) is 15.9. The van der Waals surface area contributed by atoms with Gasteiger partial charge in [-0.15, -0.1) is 11.8 Å². The lowest BCUT2D eigenvalue weighted by molar-refractivity contribution is -0.131. The molecule has 4 saturated heterocycles. The summed E-state index contributed by atoms with van der Waals surface area (Å²) in [6.07, 6.45) is 2.75. The number of piperazine rings is 1. The average molecular weight is 374 g/mol. The van der Waals surface area contributed by atoms with Gasteiger partial charge in [0.15, 0.2) is 0 Å². The first kappa shape index (κ1) is 18.3. The normalized spacial score (nSPS) is 29.1. The molecule has 142 valence electrons. The Kier molecular flexibility index (Phi) is 5.87. The molecule has 5 heteroatoms. The van der Waals surface area contributed by atoms with Crippen LogP contribution in [-0.4, -0.2) is 78.2 Å². The number of fused-ring (bicyclic) bond motifs is 3. The molecule has 1 aromatic rings. The fourth-order valence-electron chi connectivity index (χ4n) is 4.76. The molecule has 0 unspecified atom stereocenters. The van der Waals surface area contributed by atoms with Crippen LogP contribution >= 0.6 is 11.8 Å². The molecule has 0 aliphatic carbocycles. The van der Waals surface area contributed by atoms with Gasteiger partial charge in [-0.2, -0.15) is 0 Å². The van der Waals surface area contributed by atoms with Crippen LogP contribution < -0.4 is 0 Å². The molecule has 0 spiro atoms. The highest BCUT2D eigenvalue weighted by Crippen LogP contribution is 2.31. The topological polar surface area (TPSA) is 26.8 Å². The number of aryl methyl sites for hydroxylation is 1. The van der Waals surface area contributed by atoms with E-state index in [0.29, 0.717) is 11.7 Å². The van der Waals surface area contributed by atoms with Crippen LogP contribution in [0.1, 0.15) is 24.0 Å². The molecule has 2 bridgehead atoms. The summed E-state index contributed by atoms with van der Waals surface area (Å²) >= 11 is 1.75. The maximum atomic E-state index is 12.6. The van der Waals surface area contributed by atoms with E-state index in [1.807, 2.05) is 0 Å². The number of piperidine rings is 3. The number of benzene rings is 1. The lowest BCUT2D eigenvalue weighted by Crippen LogP contribution is -2.61. The van der Waals surface area contributed by atoms with Gasteiger partial charge in [0.05, 0.1) is 5.75 Å². The van der Waals surface area contributed by atoms with E-state index in [2.05, 4.69) is 45.9 Å². The fraction of sp³-hybridized carbons (Fsp3) is 0.667. The fourth-order valence-corrected chi connectivity index (χ4v) is 5.77. The van der Waals surface area contributed by atoms with Crippen LogP contribution in [0.3, 0.4) is 0 Å². The van der Waals surface area contributed by atoms with Crippen molar-refractivity contribution in [1.29, 1.82) is 0 Å². The maximum Gasteiger partial charge on any atom is 0.232 e. The first-order chi connectivity index (χ1) is 12.7. The predicted molar refractivity (Wildman–Crippen MR) is 108 cm³/mol. The quantitative estimate of drug-likeness (QED) is 0.792. The van der Waals surface area contributed by atoms with E-state index >= 15 is 0 Å². The third-order valence-corrected chi connectivity index (χ3v) is 7.47. The Balaban J connectivity index is 1.21. The Bertz CT molecular complexity index is 621. The number of amides is 1. The van der Waals surface area contributed by atoms with Crippen molar-refractivity contribution < 1.29 is 4.79 Å². The van der Waals surface area contributed by atoms with E-state index in [0.717, 1.165) is 43.9 Å². The first-order valence-corrected chi connectivity index (χ1v) is 11.2. The Morgan fingerprint density at radius 3 is 2.46 bits per heavy atom. The summed E-state index contributed by atoms with van der Waals surface area (Å²) < 4.78 is 0. The summed E-state index contributed by atoms with van der Waals surface area (Å²) in [6.45, 7) is 9.94. The second-order valence-corrected chi connectivity index (χ2v) is 9.03. The second-order valence-electron chi connectivity index (χ2n) is 8.04.